The largest absolute Gasteiger partial charge is 0.274 e. The Morgan fingerprint density at radius 3 is 2.62 bits per heavy atom. The highest BCUT2D eigenvalue weighted by molar-refractivity contribution is 5.95. The number of hydrazone groups is 1. The van der Waals surface area contributed by atoms with Crippen LogP contribution in [-0.2, 0) is 0 Å². The molecule has 2 aromatic carbocycles. The average molecular weight is 285 g/mol. The van der Waals surface area contributed by atoms with Crippen LogP contribution in [0.4, 0.5) is 8.78 Å². The first-order valence-corrected chi connectivity index (χ1v) is 5.89. The number of amides is 1. The highest BCUT2D eigenvalue weighted by Gasteiger charge is 2.11. The van der Waals surface area contributed by atoms with Crippen LogP contribution in [0.1, 0.15) is 21.5 Å². The van der Waals surface area contributed by atoms with Gasteiger partial charge < -0.3 is 0 Å². The normalized spacial score (nSPS) is 10.3. The Morgan fingerprint density at radius 1 is 1.19 bits per heavy atom. The van der Waals surface area contributed by atoms with Crippen LogP contribution in [0, 0.1) is 23.0 Å². The second-order valence-corrected chi connectivity index (χ2v) is 4.03. The molecule has 0 bridgehead atoms. The molecule has 0 aliphatic rings. The third-order valence-electron chi connectivity index (χ3n) is 2.62. The number of hydrogen-bond donors (Lipinski definition) is 1. The van der Waals surface area contributed by atoms with Crippen LogP contribution in [-0.4, -0.2) is 12.1 Å². The summed E-state index contributed by atoms with van der Waals surface area (Å²) in [4.78, 5) is 11.7. The van der Waals surface area contributed by atoms with Crippen molar-refractivity contribution < 1.29 is 13.6 Å². The summed E-state index contributed by atoms with van der Waals surface area (Å²) in [5.74, 6) is -2.10. The predicted octanol–water partition coefficient (Wildman–Crippen LogP) is 2.60. The molecule has 0 fully saturated rings. The van der Waals surface area contributed by atoms with Crippen LogP contribution >= 0.6 is 0 Å². The van der Waals surface area contributed by atoms with Crippen LogP contribution in [0.15, 0.2) is 47.6 Å². The van der Waals surface area contributed by atoms with Gasteiger partial charge in [0.25, 0.3) is 5.91 Å². The second-order valence-electron chi connectivity index (χ2n) is 4.03. The molecule has 0 atom stereocenters. The van der Waals surface area contributed by atoms with Crippen molar-refractivity contribution in [3.8, 4) is 6.07 Å². The molecule has 1 N–H and O–H groups in total. The Labute approximate surface area is 119 Å². The van der Waals surface area contributed by atoms with Gasteiger partial charge in [0.15, 0.2) is 0 Å². The van der Waals surface area contributed by atoms with E-state index in [4.69, 9.17) is 5.26 Å². The Kier molecular flexibility index (Phi) is 4.36. The maximum absolute atomic E-state index is 13.6. The average Bonchev–Trinajstić information content (AvgIpc) is 2.48. The summed E-state index contributed by atoms with van der Waals surface area (Å²) in [5.41, 5.74) is 2.15. The Balaban J connectivity index is 2.09. The van der Waals surface area contributed by atoms with Crippen molar-refractivity contribution in [2.45, 2.75) is 0 Å². The number of halogens is 2. The van der Waals surface area contributed by atoms with Crippen LogP contribution in [0.25, 0.3) is 0 Å². The molecule has 0 spiro atoms. The van der Waals surface area contributed by atoms with Gasteiger partial charge in [-0.2, -0.15) is 10.4 Å². The first-order valence-electron chi connectivity index (χ1n) is 5.89. The van der Waals surface area contributed by atoms with E-state index in [1.54, 1.807) is 12.1 Å². The number of hydrogen-bond acceptors (Lipinski definition) is 3. The summed E-state index contributed by atoms with van der Waals surface area (Å²) in [6.07, 6.45) is 1.12. The van der Waals surface area contributed by atoms with E-state index in [2.05, 4.69) is 10.5 Å². The Morgan fingerprint density at radius 2 is 1.95 bits per heavy atom. The van der Waals surface area contributed by atoms with Gasteiger partial charge in [0.1, 0.15) is 11.6 Å². The number of nitriles is 1. The van der Waals surface area contributed by atoms with E-state index in [-0.39, 0.29) is 16.7 Å². The van der Waals surface area contributed by atoms with Gasteiger partial charge in [-0.05, 0) is 24.3 Å². The summed E-state index contributed by atoms with van der Waals surface area (Å²) in [7, 11) is 0. The SMILES string of the molecule is N#Cc1ccc(C(=O)N/N=C/c2ccccc2F)c(F)c1. The van der Waals surface area contributed by atoms with E-state index in [0.717, 1.165) is 12.3 Å². The number of carbonyl (C=O) groups excluding carboxylic acids is 1. The molecule has 0 heterocycles. The molecule has 0 aliphatic carbocycles. The van der Waals surface area contributed by atoms with Gasteiger partial charge in [-0.1, -0.05) is 18.2 Å². The zero-order valence-corrected chi connectivity index (χ0v) is 10.7. The Bertz CT molecular complexity index is 751. The summed E-state index contributed by atoms with van der Waals surface area (Å²) in [6.45, 7) is 0. The quantitative estimate of drug-likeness (QED) is 0.696. The van der Waals surface area contributed by atoms with Crippen molar-refractivity contribution in [1.29, 1.82) is 5.26 Å². The van der Waals surface area contributed by atoms with E-state index in [0.29, 0.717) is 0 Å². The number of carbonyl (C=O) groups is 1. The highest BCUT2D eigenvalue weighted by Crippen LogP contribution is 2.10. The second kappa shape index (κ2) is 6.39. The minimum Gasteiger partial charge on any atom is -0.267 e. The van der Waals surface area contributed by atoms with Crippen LogP contribution < -0.4 is 5.43 Å². The standard InChI is InChI=1S/C15H9F2N3O/c16-13-4-2-1-3-11(13)9-19-20-15(21)12-6-5-10(8-18)7-14(12)17/h1-7,9H,(H,20,21)/b19-9+. The van der Waals surface area contributed by atoms with Gasteiger partial charge in [0.05, 0.1) is 23.4 Å². The van der Waals surface area contributed by atoms with Crippen molar-refractivity contribution in [3.63, 3.8) is 0 Å². The van der Waals surface area contributed by atoms with Gasteiger partial charge in [0.2, 0.25) is 0 Å². The lowest BCUT2D eigenvalue weighted by molar-refractivity contribution is 0.0951. The summed E-state index contributed by atoms with van der Waals surface area (Å²) >= 11 is 0. The highest BCUT2D eigenvalue weighted by atomic mass is 19.1. The molecule has 6 heteroatoms. The zero-order chi connectivity index (χ0) is 15.2. The molecule has 104 valence electrons. The molecule has 2 aromatic rings. The van der Waals surface area contributed by atoms with Gasteiger partial charge in [-0.15, -0.1) is 0 Å². The van der Waals surface area contributed by atoms with Crippen molar-refractivity contribution in [2.24, 2.45) is 5.10 Å². The lowest BCUT2D eigenvalue weighted by atomic mass is 10.1. The molecule has 0 saturated carbocycles. The molecule has 0 saturated heterocycles. The van der Waals surface area contributed by atoms with E-state index in [1.165, 1.54) is 30.3 Å². The zero-order valence-electron chi connectivity index (χ0n) is 10.7. The van der Waals surface area contributed by atoms with Crippen LogP contribution in [0.3, 0.4) is 0 Å². The third-order valence-corrected chi connectivity index (χ3v) is 2.62. The van der Waals surface area contributed by atoms with Gasteiger partial charge in [0, 0.05) is 5.56 Å². The fraction of sp³-hybridized carbons (Fsp3) is 0. The van der Waals surface area contributed by atoms with Crippen molar-refractivity contribution >= 4 is 12.1 Å². The van der Waals surface area contributed by atoms with Crippen LogP contribution in [0.5, 0.6) is 0 Å². The fourth-order valence-corrected chi connectivity index (χ4v) is 1.57. The van der Waals surface area contributed by atoms with Gasteiger partial charge in [-0.3, -0.25) is 4.79 Å². The minimum atomic E-state index is -0.826. The molecule has 2 rings (SSSR count). The molecule has 0 aliphatic heterocycles. The molecule has 1 amide bonds. The van der Waals surface area contributed by atoms with E-state index in [1.807, 2.05) is 0 Å². The topological polar surface area (TPSA) is 65.2 Å². The molecular weight excluding hydrogens is 276 g/mol. The minimum absolute atomic E-state index is 0.110. The molecular formula is C15H9F2N3O. The van der Waals surface area contributed by atoms with Crippen molar-refractivity contribution in [3.05, 3.63) is 70.8 Å². The fourth-order valence-electron chi connectivity index (χ4n) is 1.57. The lowest BCUT2D eigenvalue weighted by Crippen LogP contribution is -2.19. The molecule has 21 heavy (non-hydrogen) atoms. The van der Waals surface area contributed by atoms with Crippen LogP contribution in [0.2, 0.25) is 0 Å². The molecule has 0 radical (unpaired) electrons. The first kappa shape index (κ1) is 14.3. The van der Waals surface area contributed by atoms with Crippen molar-refractivity contribution in [1.82, 2.24) is 5.43 Å². The third kappa shape index (κ3) is 3.48. The van der Waals surface area contributed by atoms with E-state index in [9.17, 15) is 13.6 Å². The van der Waals surface area contributed by atoms with Gasteiger partial charge >= 0.3 is 0 Å². The number of nitrogens with zero attached hydrogens (tertiary/aromatic N) is 2. The summed E-state index contributed by atoms with van der Waals surface area (Å²) in [5, 5.41) is 12.2. The van der Waals surface area contributed by atoms with Crippen molar-refractivity contribution in [2.75, 3.05) is 0 Å². The first-order chi connectivity index (χ1) is 10.1. The maximum Gasteiger partial charge on any atom is 0.274 e. The number of nitrogens with one attached hydrogen (secondary N) is 1. The monoisotopic (exact) mass is 285 g/mol. The lowest BCUT2D eigenvalue weighted by Gasteiger charge is -2.02. The Hall–Kier alpha value is -3.07. The van der Waals surface area contributed by atoms with E-state index < -0.39 is 17.5 Å². The maximum atomic E-state index is 13.6. The number of rotatable bonds is 3. The summed E-state index contributed by atoms with van der Waals surface area (Å²) < 4.78 is 26.9. The molecule has 0 unspecified atom stereocenters. The number of benzene rings is 2. The van der Waals surface area contributed by atoms with Gasteiger partial charge in [-0.25, -0.2) is 14.2 Å². The molecule has 0 aromatic heterocycles. The molecule has 4 nitrogen and oxygen atoms in total. The van der Waals surface area contributed by atoms with E-state index >= 15 is 0 Å². The predicted molar refractivity (Wildman–Crippen MR) is 72.6 cm³/mol. The summed E-state index contributed by atoms with van der Waals surface area (Å²) in [6, 6.07) is 11.1. The smallest absolute Gasteiger partial charge is 0.267 e.